The lowest BCUT2D eigenvalue weighted by atomic mass is 10.2. The third-order valence-electron chi connectivity index (χ3n) is 3.15. The molecule has 0 aromatic carbocycles. The molecule has 2 heterocycles. The molecule has 0 N–H and O–H groups in total. The summed E-state index contributed by atoms with van der Waals surface area (Å²) in [6, 6.07) is 1.77. The van der Waals surface area contributed by atoms with Crippen LogP contribution in [-0.2, 0) is 4.74 Å². The van der Waals surface area contributed by atoms with Crippen LogP contribution in [0.5, 0.6) is 0 Å². The minimum absolute atomic E-state index is 0.119. The number of ether oxygens (including phenoxy) is 1. The maximum atomic E-state index is 12.2. The van der Waals surface area contributed by atoms with Gasteiger partial charge in [-0.25, -0.2) is 4.79 Å². The van der Waals surface area contributed by atoms with Crippen LogP contribution in [0.3, 0.4) is 0 Å². The highest BCUT2D eigenvalue weighted by atomic mass is 16.6. The fourth-order valence-electron chi connectivity index (χ4n) is 2.04. The van der Waals surface area contributed by atoms with Crippen molar-refractivity contribution in [2.75, 3.05) is 32.8 Å². The molecule has 1 fully saturated rings. The monoisotopic (exact) mass is 266 g/mol. The number of piperazine rings is 1. The van der Waals surface area contributed by atoms with Gasteiger partial charge in [-0.05, 0) is 19.9 Å². The highest BCUT2D eigenvalue weighted by Crippen LogP contribution is 2.14. The summed E-state index contributed by atoms with van der Waals surface area (Å²) in [6.45, 7) is 5.96. The molecule has 0 radical (unpaired) electrons. The second-order valence-corrected chi connectivity index (χ2v) is 4.41. The van der Waals surface area contributed by atoms with Crippen LogP contribution >= 0.6 is 0 Å². The van der Waals surface area contributed by atoms with Crippen LogP contribution in [0.25, 0.3) is 0 Å². The van der Waals surface area contributed by atoms with Crippen molar-refractivity contribution >= 4 is 12.0 Å². The van der Waals surface area contributed by atoms with Crippen molar-refractivity contribution < 1.29 is 18.7 Å². The average molecular weight is 266 g/mol. The zero-order valence-corrected chi connectivity index (χ0v) is 11.2. The van der Waals surface area contributed by atoms with Crippen molar-refractivity contribution in [1.82, 2.24) is 9.80 Å². The van der Waals surface area contributed by atoms with Crippen molar-refractivity contribution in [3.63, 3.8) is 0 Å². The number of aryl methyl sites for hydroxylation is 1. The van der Waals surface area contributed by atoms with E-state index in [1.165, 1.54) is 6.26 Å². The van der Waals surface area contributed by atoms with Gasteiger partial charge in [0.25, 0.3) is 5.91 Å². The lowest BCUT2D eigenvalue weighted by molar-refractivity contribution is 0.0545. The van der Waals surface area contributed by atoms with Crippen LogP contribution in [0.1, 0.15) is 23.0 Å². The maximum absolute atomic E-state index is 12.2. The minimum Gasteiger partial charge on any atom is -0.459 e. The Balaban J connectivity index is 1.92. The molecule has 0 aliphatic carbocycles. The molecule has 6 heteroatoms. The summed E-state index contributed by atoms with van der Waals surface area (Å²) in [5.74, 6) is 0.260. The predicted octanol–water partition coefficient (Wildman–Crippen LogP) is 1.50. The Bertz CT molecular complexity index is 461. The molecule has 6 nitrogen and oxygen atoms in total. The topological polar surface area (TPSA) is 63.0 Å². The number of carbonyl (C=O) groups excluding carboxylic acids is 2. The first kappa shape index (κ1) is 13.5. The van der Waals surface area contributed by atoms with E-state index in [0.717, 1.165) is 5.56 Å². The molecule has 1 saturated heterocycles. The number of carbonyl (C=O) groups is 2. The van der Waals surface area contributed by atoms with Crippen LogP contribution in [-0.4, -0.2) is 54.6 Å². The van der Waals surface area contributed by atoms with Gasteiger partial charge in [0.05, 0.1) is 12.9 Å². The van der Waals surface area contributed by atoms with Gasteiger partial charge in [0.15, 0.2) is 5.76 Å². The molecule has 1 aromatic rings. The molecule has 0 spiro atoms. The van der Waals surface area contributed by atoms with E-state index in [1.807, 2.05) is 6.92 Å². The zero-order valence-electron chi connectivity index (χ0n) is 11.2. The summed E-state index contributed by atoms with van der Waals surface area (Å²) < 4.78 is 10.1. The first-order valence-corrected chi connectivity index (χ1v) is 6.38. The van der Waals surface area contributed by atoms with Crippen molar-refractivity contribution in [2.24, 2.45) is 0 Å². The number of furan rings is 1. The SMILES string of the molecule is CCOC(=O)N1CCN(C(=O)c2occc2C)CC1. The Labute approximate surface area is 111 Å². The van der Waals surface area contributed by atoms with E-state index in [4.69, 9.17) is 9.15 Å². The molecule has 0 atom stereocenters. The Hall–Kier alpha value is -1.98. The maximum Gasteiger partial charge on any atom is 0.409 e. The van der Waals surface area contributed by atoms with Gasteiger partial charge in [-0.3, -0.25) is 4.79 Å². The summed E-state index contributed by atoms with van der Waals surface area (Å²) in [7, 11) is 0. The molecule has 0 saturated carbocycles. The van der Waals surface area contributed by atoms with Gasteiger partial charge in [0.2, 0.25) is 0 Å². The van der Waals surface area contributed by atoms with E-state index < -0.39 is 0 Å². The second-order valence-electron chi connectivity index (χ2n) is 4.41. The van der Waals surface area contributed by atoms with Gasteiger partial charge in [-0.15, -0.1) is 0 Å². The molecule has 0 unspecified atom stereocenters. The highest BCUT2D eigenvalue weighted by molar-refractivity contribution is 5.93. The smallest absolute Gasteiger partial charge is 0.409 e. The highest BCUT2D eigenvalue weighted by Gasteiger charge is 2.27. The number of hydrogen-bond donors (Lipinski definition) is 0. The predicted molar refractivity (Wildman–Crippen MR) is 67.9 cm³/mol. The van der Waals surface area contributed by atoms with Crippen molar-refractivity contribution in [3.8, 4) is 0 Å². The van der Waals surface area contributed by atoms with E-state index in [-0.39, 0.29) is 12.0 Å². The summed E-state index contributed by atoms with van der Waals surface area (Å²) in [5, 5.41) is 0. The second kappa shape index (κ2) is 5.77. The van der Waals surface area contributed by atoms with Crippen molar-refractivity contribution in [3.05, 3.63) is 23.7 Å². The van der Waals surface area contributed by atoms with Gasteiger partial charge in [0.1, 0.15) is 0 Å². The number of rotatable bonds is 2. The molecule has 19 heavy (non-hydrogen) atoms. The van der Waals surface area contributed by atoms with Gasteiger partial charge >= 0.3 is 6.09 Å². The Kier molecular flexibility index (Phi) is 4.09. The third kappa shape index (κ3) is 2.89. The van der Waals surface area contributed by atoms with Crippen LogP contribution in [0, 0.1) is 6.92 Å². The van der Waals surface area contributed by atoms with E-state index >= 15 is 0 Å². The van der Waals surface area contributed by atoms with E-state index in [2.05, 4.69) is 0 Å². The third-order valence-corrected chi connectivity index (χ3v) is 3.15. The average Bonchev–Trinajstić information content (AvgIpc) is 2.84. The lowest BCUT2D eigenvalue weighted by Crippen LogP contribution is -2.50. The molecule has 1 aliphatic rings. The summed E-state index contributed by atoms with van der Waals surface area (Å²) >= 11 is 0. The molecular formula is C13H18N2O4. The number of amides is 2. The number of hydrogen-bond acceptors (Lipinski definition) is 4. The molecule has 2 amide bonds. The molecular weight excluding hydrogens is 248 g/mol. The zero-order chi connectivity index (χ0) is 13.8. The number of nitrogens with zero attached hydrogens (tertiary/aromatic N) is 2. The molecule has 104 valence electrons. The summed E-state index contributed by atoms with van der Waals surface area (Å²) in [6.07, 6.45) is 1.20. The fraction of sp³-hybridized carbons (Fsp3) is 0.538. The summed E-state index contributed by atoms with van der Waals surface area (Å²) in [4.78, 5) is 27.0. The van der Waals surface area contributed by atoms with Gasteiger partial charge < -0.3 is 19.0 Å². The van der Waals surface area contributed by atoms with Gasteiger partial charge in [-0.2, -0.15) is 0 Å². The fourth-order valence-corrected chi connectivity index (χ4v) is 2.04. The largest absolute Gasteiger partial charge is 0.459 e. The van der Waals surface area contributed by atoms with Crippen LogP contribution in [0.4, 0.5) is 4.79 Å². The quantitative estimate of drug-likeness (QED) is 0.813. The standard InChI is InChI=1S/C13H18N2O4/c1-3-18-13(17)15-7-5-14(6-8-15)12(16)11-10(2)4-9-19-11/h4,9H,3,5-8H2,1-2H3. The van der Waals surface area contributed by atoms with Crippen LogP contribution in [0.2, 0.25) is 0 Å². The first-order valence-electron chi connectivity index (χ1n) is 6.38. The van der Waals surface area contributed by atoms with Gasteiger partial charge in [-0.1, -0.05) is 0 Å². The normalized spacial score (nSPS) is 15.5. The van der Waals surface area contributed by atoms with E-state index in [1.54, 1.807) is 22.8 Å². The minimum atomic E-state index is -0.316. The first-order chi connectivity index (χ1) is 9.13. The van der Waals surface area contributed by atoms with Crippen LogP contribution in [0.15, 0.2) is 16.7 Å². The van der Waals surface area contributed by atoms with E-state index in [9.17, 15) is 9.59 Å². The van der Waals surface area contributed by atoms with Crippen molar-refractivity contribution in [1.29, 1.82) is 0 Å². The molecule has 0 bridgehead atoms. The Morgan fingerprint density at radius 1 is 1.26 bits per heavy atom. The molecule has 1 aromatic heterocycles. The summed E-state index contributed by atoms with van der Waals surface area (Å²) in [5.41, 5.74) is 0.831. The Morgan fingerprint density at radius 3 is 2.42 bits per heavy atom. The molecule has 1 aliphatic heterocycles. The van der Waals surface area contributed by atoms with Crippen molar-refractivity contribution in [2.45, 2.75) is 13.8 Å². The lowest BCUT2D eigenvalue weighted by Gasteiger charge is -2.33. The van der Waals surface area contributed by atoms with Crippen LogP contribution < -0.4 is 0 Å². The Morgan fingerprint density at radius 2 is 1.89 bits per heavy atom. The van der Waals surface area contributed by atoms with Gasteiger partial charge in [0, 0.05) is 31.7 Å². The van der Waals surface area contributed by atoms with E-state index in [0.29, 0.717) is 38.5 Å². The molecule has 2 rings (SSSR count).